The van der Waals surface area contributed by atoms with E-state index in [1.54, 1.807) is 4.90 Å². The maximum absolute atomic E-state index is 13.2. The minimum absolute atomic E-state index is 0.0896. The molecule has 1 fully saturated rings. The van der Waals surface area contributed by atoms with Crippen LogP contribution in [0, 0.1) is 11.7 Å². The van der Waals surface area contributed by atoms with Gasteiger partial charge in [0.05, 0.1) is 11.8 Å². The SMILES string of the molecule is CN(C)CC1CCN(C(=O)c2cc(F)cnc2N)CC1. The number of amides is 1. The molecule has 0 aromatic carbocycles. The van der Waals surface area contributed by atoms with Gasteiger partial charge in [0, 0.05) is 19.6 Å². The van der Waals surface area contributed by atoms with Gasteiger partial charge in [0.15, 0.2) is 0 Å². The number of rotatable bonds is 3. The lowest BCUT2D eigenvalue weighted by molar-refractivity contribution is 0.0678. The molecule has 2 N–H and O–H groups in total. The lowest BCUT2D eigenvalue weighted by atomic mass is 9.96. The number of carbonyl (C=O) groups excluding carboxylic acids is 1. The quantitative estimate of drug-likeness (QED) is 0.904. The van der Waals surface area contributed by atoms with Crippen molar-refractivity contribution in [1.82, 2.24) is 14.8 Å². The molecule has 0 atom stereocenters. The topological polar surface area (TPSA) is 62.5 Å². The summed E-state index contributed by atoms with van der Waals surface area (Å²) in [6.45, 7) is 2.41. The number of piperidine rings is 1. The molecule has 0 unspecified atom stereocenters. The maximum Gasteiger partial charge on any atom is 0.257 e. The Hall–Kier alpha value is -1.69. The highest BCUT2D eigenvalue weighted by atomic mass is 19.1. The van der Waals surface area contributed by atoms with Crippen molar-refractivity contribution in [1.29, 1.82) is 0 Å². The highest BCUT2D eigenvalue weighted by Gasteiger charge is 2.25. The van der Waals surface area contributed by atoms with Crippen LogP contribution >= 0.6 is 0 Å². The first kappa shape index (κ1) is 14.7. The van der Waals surface area contributed by atoms with Crippen molar-refractivity contribution in [3.63, 3.8) is 0 Å². The van der Waals surface area contributed by atoms with Gasteiger partial charge < -0.3 is 15.5 Å². The summed E-state index contributed by atoms with van der Waals surface area (Å²) in [5, 5.41) is 0. The van der Waals surface area contributed by atoms with E-state index in [4.69, 9.17) is 5.73 Å². The number of hydrogen-bond donors (Lipinski definition) is 1. The largest absolute Gasteiger partial charge is 0.383 e. The van der Waals surface area contributed by atoms with Gasteiger partial charge in [0.25, 0.3) is 5.91 Å². The zero-order chi connectivity index (χ0) is 14.7. The molecule has 1 aliphatic rings. The Labute approximate surface area is 118 Å². The van der Waals surface area contributed by atoms with Gasteiger partial charge in [-0.05, 0) is 38.9 Å². The van der Waals surface area contributed by atoms with Crippen molar-refractivity contribution in [3.8, 4) is 0 Å². The fourth-order valence-corrected chi connectivity index (χ4v) is 2.63. The smallest absolute Gasteiger partial charge is 0.257 e. The predicted octanol–water partition coefficient (Wildman–Crippen LogP) is 1.22. The summed E-state index contributed by atoms with van der Waals surface area (Å²) in [4.78, 5) is 19.9. The van der Waals surface area contributed by atoms with E-state index >= 15 is 0 Å². The number of nitrogen functional groups attached to an aromatic ring is 1. The van der Waals surface area contributed by atoms with Crippen LogP contribution in [0.3, 0.4) is 0 Å². The molecule has 0 radical (unpaired) electrons. The molecule has 0 aliphatic carbocycles. The third-order valence-electron chi connectivity index (χ3n) is 3.64. The van der Waals surface area contributed by atoms with Crippen molar-refractivity contribution in [2.24, 2.45) is 5.92 Å². The second kappa shape index (κ2) is 6.17. The van der Waals surface area contributed by atoms with Gasteiger partial charge in [-0.2, -0.15) is 0 Å². The molecule has 0 saturated carbocycles. The number of carbonyl (C=O) groups is 1. The highest BCUT2D eigenvalue weighted by molar-refractivity contribution is 5.98. The fourth-order valence-electron chi connectivity index (χ4n) is 2.63. The van der Waals surface area contributed by atoms with Crippen LogP contribution in [0.2, 0.25) is 0 Å². The monoisotopic (exact) mass is 280 g/mol. The van der Waals surface area contributed by atoms with Gasteiger partial charge in [-0.3, -0.25) is 4.79 Å². The molecule has 20 heavy (non-hydrogen) atoms. The lowest BCUT2D eigenvalue weighted by Crippen LogP contribution is -2.41. The third-order valence-corrected chi connectivity index (χ3v) is 3.64. The van der Waals surface area contributed by atoms with E-state index in [1.165, 1.54) is 0 Å². The summed E-state index contributed by atoms with van der Waals surface area (Å²) in [6.07, 6.45) is 2.95. The Morgan fingerprint density at radius 2 is 2.15 bits per heavy atom. The summed E-state index contributed by atoms with van der Waals surface area (Å²) in [7, 11) is 4.10. The third kappa shape index (κ3) is 3.45. The van der Waals surface area contributed by atoms with Gasteiger partial charge >= 0.3 is 0 Å². The molecule has 6 heteroatoms. The van der Waals surface area contributed by atoms with Crippen LogP contribution in [0.4, 0.5) is 10.2 Å². The predicted molar refractivity (Wildman–Crippen MR) is 75.8 cm³/mol. The minimum atomic E-state index is -0.537. The number of aromatic nitrogens is 1. The molecule has 1 aromatic heterocycles. The zero-order valence-electron chi connectivity index (χ0n) is 12.0. The van der Waals surface area contributed by atoms with Crippen LogP contribution in [-0.4, -0.2) is 54.4 Å². The second-order valence-electron chi connectivity index (χ2n) is 5.58. The molecule has 2 rings (SSSR count). The molecule has 1 aliphatic heterocycles. The summed E-state index contributed by atoms with van der Waals surface area (Å²) in [6, 6.07) is 1.16. The molecular weight excluding hydrogens is 259 g/mol. The standard InChI is InChI=1S/C14H21FN4O/c1-18(2)9-10-3-5-19(6-4-10)14(20)12-7-11(15)8-17-13(12)16/h7-8,10H,3-6,9H2,1-2H3,(H2,16,17). The van der Waals surface area contributed by atoms with E-state index in [0.717, 1.165) is 31.6 Å². The first-order chi connectivity index (χ1) is 9.47. The van der Waals surface area contributed by atoms with E-state index in [9.17, 15) is 9.18 Å². The number of nitrogens with two attached hydrogens (primary N) is 1. The Kier molecular flexibility index (Phi) is 4.54. The van der Waals surface area contributed by atoms with Crippen molar-refractivity contribution in [2.75, 3.05) is 39.5 Å². The van der Waals surface area contributed by atoms with E-state index in [-0.39, 0.29) is 17.3 Å². The molecule has 2 heterocycles. The maximum atomic E-state index is 13.2. The highest BCUT2D eigenvalue weighted by Crippen LogP contribution is 2.21. The molecule has 1 amide bonds. The van der Waals surface area contributed by atoms with E-state index < -0.39 is 5.82 Å². The van der Waals surface area contributed by atoms with Gasteiger partial charge in [-0.1, -0.05) is 0 Å². The van der Waals surface area contributed by atoms with E-state index in [1.807, 2.05) is 0 Å². The average molecular weight is 280 g/mol. The van der Waals surface area contributed by atoms with Gasteiger partial charge in [-0.15, -0.1) is 0 Å². The minimum Gasteiger partial charge on any atom is -0.383 e. The molecule has 1 saturated heterocycles. The van der Waals surface area contributed by atoms with Crippen LogP contribution in [0.5, 0.6) is 0 Å². The lowest BCUT2D eigenvalue weighted by Gasteiger charge is -2.33. The fraction of sp³-hybridized carbons (Fsp3) is 0.571. The zero-order valence-corrected chi connectivity index (χ0v) is 12.0. The molecule has 110 valence electrons. The number of anilines is 1. The summed E-state index contributed by atoms with van der Waals surface area (Å²) < 4.78 is 13.2. The average Bonchev–Trinajstić information content (AvgIpc) is 2.41. The molecule has 5 nitrogen and oxygen atoms in total. The van der Waals surface area contributed by atoms with Crippen molar-refractivity contribution in [3.05, 3.63) is 23.6 Å². The number of nitrogens with zero attached hydrogens (tertiary/aromatic N) is 3. The number of pyridine rings is 1. The Balaban J connectivity index is 2.00. The molecule has 0 spiro atoms. The molecule has 1 aromatic rings. The summed E-state index contributed by atoms with van der Waals surface area (Å²) >= 11 is 0. The first-order valence-electron chi connectivity index (χ1n) is 6.82. The van der Waals surface area contributed by atoms with Crippen molar-refractivity contribution >= 4 is 11.7 Å². The van der Waals surface area contributed by atoms with Gasteiger partial charge in [-0.25, -0.2) is 9.37 Å². The van der Waals surface area contributed by atoms with Crippen LogP contribution in [0.25, 0.3) is 0 Å². The summed E-state index contributed by atoms with van der Waals surface area (Å²) in [5.41, 5.74) is 5.82. The van der Waals surface area contributed by atoms with E-state index in [0.29, 0.717) is 19.0 Å². The van der Waals surface area contributed by atoms with Crippen LogP contribution in [0.15, 0.2) is 12.3 Å². The van der Waals surface area contributed by atoms with Gasteiger partial charge in [0.2, 0.25) is 0 Å². The van der Waals surface area contributed by atoms with Crippen molar-refractivity contribution in [2.45, 2.75) is 12.8 Å². The van der Waals surface area contributed by atoms with Gasteiger partial charge in [0.1, 0.15) is 11.6 Å². The normalized spacial score (nSPS) is 16.7. The Bertz CT molecular complexity index is 484. The van der Waals surface area contributed by atoms with Crippen LogP contribution in [0.1, 0.15) is 23.2 Å². The second-order valence-corrected chi connectivity index (χ2v) is 5.58. The van der Waals surface area contributed by atoms with E-state index in [2.05, 4.69) is 24.0 Å². The van der Waals surface area contributed by atoms with Crippen molar-refractivity contribution < 1.29 is 9.18 Å². The van der Waals surface area contributed by atoms with Crippen LogP contribution in [-0.2, 0) is 0 Å². The molecular formula is C14H21FN4O. The summed E-state index contributed by atoms with van der Waals surface area (Å²) in [5.74, 6) is -0.0632. The number of likely N-dealkylation sites (tertiary alicyclic amines) is 1. The Morgan fingerprint density at radius 1 is 1.50 bits per heavy atom. The number of halogens is 1. The Morgan fingerprint density at radius 3 is 2.75 bits per heavy atom. The first-order valence-corrected chi connectivity index (χ1v) is 6.82. The van der Waals surface area contributed by atoms with Crippen LogP contribution < -0.4 is 5.73 Å². The number of hydrogen-bond acceptors (Lipinski definition) is 4. The molecule has 0 bridgehead atoms.